The molecule has 0 radical (unpaired) electrons. The molecule has 2 heterocycles. The van der Waals surface area contributed by atoms with Crippen molar-refractivity contribution in [2.45, 2.75) is 51.0 Å². The van der Waals surface area contributed by atoms with E-state index in [0.717, 1.165) is 23.6 Å². The van der Waals surface area contributed by atoms with Crippen LogP contribution < -0.4 is 5.32 Å². The van der Waals surface area contributed by atoms with Crippen molar-refractivity contribution in [1.82, 2.24) is 20.0 Å². The van der Waals surface area contributed by atoms with E-state index in [-0.39, 0.29) is 24.6 Å². The maximum atomic E-state index is 12.9. The van der Waals surface area contributed by atoms with Crippen molar-refractivity contribution in [3.8, 4) is 0 Å². The lowest BCUT2D eigenvalue weighted by atomic mass is 10.2. The van der Waals surface area contributed by atoms with Crippen molar-refractivity contribution in [2.24, 2.45) is 0 Å². The van der Waals surface area contributed by atoms with Gasteiger partial charge in [0.25, 0.3) is 0 Å². The van der Waals surface area contributed by atoms with Gasteiger partial charge in [0.1, 0.15) is 0 Å². The Balaban J connectivity index is 1.70. The van der Waals surface area contributed by atoms with E-state index in [2.05, 4.69) is 20.6 Å². The first-order valence-corrected chi connectivity index (χ1v) is 8.03. The van der Waals surface area contributed by atoms with Crippen molar-refractivity contribution in [3.05, 3.63) is 28.8 Å². The van der Waals surface area contributed by atoms with Crippen LogP contribution in [0.1, 0.15) is 48.0 Å². The van der Waals surface area contributed by atoms with Crippen LogP contribution in [0.5, 0.6) is 0 Å². The summed E-state index contributed by atoms with van der Waals surface area (Å²) in [6, 6.07) is 0.956. The van der Waals surface area contributed by atoms with Crippen molar-refractivity contribution in [1.29, 1.82) is 0 Å². The van der Waals surface area contributed by atoms with E-state index < -0.39 is 35.3 Å². The molecule has 2 aromatic rings. The molecule has 0 aromatic carbocycles. The molecular weight excluding hydrogens is 380 g/mol. The number of amides is 1. The highest BCUT2D eigenvalue weighted by Crippen LogP contribution is 2.42. The highest BCUT2D eigenvalue weighted by Gasteiger charge is 2.39. The lowest BCUT2D eigenvalue weighted by molar-refractivity contribution is -0.141. The molecule has 12 heteroatoms. The van der Waals surface area contributed by atoms with E-state index >= 15 is 0 Å². The van der Waals surface area contributed by atoms with Gasteiger partial charge < -0.3 is 5.32 Å². The van der Waals surface area contributed by atoms with E-state index in [1.54, 1.807) is 0 Å². The lowest BCUT2D eigenvalue weighted by Gasteiger charge is -2.10. The van der Waals surface area contributed by atoms with Gasteiger partial charge in [-0.1, -0.05) is 0 Å². The molecule has 1 fully saturated rings. The fraction of sp³-hybridized carbons (Fsp3) is 0.533. The maximum absolute atomic E-state index is 12.9. The third-order valence-corrected chi connectivity index (χ3v) is 4.13. The number of aryl methyl sites for hydroxylation is 2. The molecule has 0 bridgehead atoms. The van der Waals surface area contributed by atoms with Crippen LogP contribution in [0.4, 0.5) is 32.0 Å². The van der Waals surface area contributed by atoms with Gasteiger partial charge in [-0.2, -0.15) is 36.5 Å². The smallest absolute Gasteiger partial charge is 0.323 e. The number of nitrogens with zero attached hydrogens (tertiary/aromatic N) is 3. The Morgan fingerprint density at radius 1 is 1.26 bits per heavy atom. The summed E-state index contributed by atoms with van der Waals surface area (Å²) in [6.07, 6.45) is -8.22. The fourth-order valence-electron chi connectivity index (χ4n) is 2.65. The molecule has 3 rings (SSSR count). The number of hydrogen-bond acceptors (Lipinski definition) is 3. The van der Waals surface area contributed by atoms with Crippen LogP contribution in [0.25, 0.3) is 0 Å². The summed E-state index contributed by atoms with van der Waals surface area (Å²) >= 11 is 0. The quantitative estimate of drug-likeness (QED) is 0.755. The largest absolute Gasteiger partial charge is 0.437 e. The molecule has 6 nitrogen and oxygen atoms in total. The van der Waals surface area contributed by atoms with Crippen LogP contribution in [0.3, 0.4) is 0 Å². The van der Waals surface area contributed by atoms with Gasteiger partial charge in [-0.15, -0.1) is 0 Å². The van der Waals surface area contributed by atoms with E-state index in [1.807, 2.05) is 0 Å². The van der Waals surface area contributed by atoms with Gasteiger partial charge in [0, 0.05) is 24.6 Å². The highest BCUT2D eigenvalue weighted by atomic mass is 19.4. The molecule has 2 N–H and O–H groups in total. The normalized spacial score (nSPS) is 15.2. The Bertz CT molecular complexity index is 846. The van der Waals surface area contributed by atoms with Crippen molar-refractivity contribution < 1.29 is 31.1 Å². The first-order chi connectivity index (χ1) is 12.5. The highest BCUT2D eigenvalue weighted by molar-refractivity contribution is 5.91. The zero-order valence-corrected chi connectivity index (χ0v) is 14.0. The first-order valence-electron chi connectivity index (χ1n) is 8.03. The summed E-state index contributed by atoms with van der Waals surface area (Å²) in [5.74, 6) is -0.819. The molecule has 0 saturated heterocycles. The Hall–Kier alpha value is -2.53. The number of rotatable bonds is 5. The zero-order chi connectivity index (χ0) is 20.0. The standard InChI is InChI=1S/C15H15F6N5O/c1-7-12(13(24-23-7)15(19,20)21)22-11(27)4-5-26-9(8-2-3-8)6-10(25-26)14(16,17)18/h6,8H,2-5H2,1H3,(H,22,27)(H,23,24). The third kappa shape index (κ3) is 4.25. The van der Waals surface area contributed by atoms with Crippen LogP contribution in [-0.2, 0) is 23.7 Å². The van der Waals surface area contributed by atoms with E-state index in [4.69, 9.17) is 0 Å². The molecule has 1 amide bonds. The minimum atomic E-state index is -4.75. The average molecular weight is 395 g/mol. The van der Waals surface area contributed by atoms with Crippen LogP contribution in [-0.4, -0.2) is 25.9 Å². The molecule has 27 heavy (non-hydrogen) atoms. The second-order valence-electron chi connectivity index (χ2n) is 6.32. The Morgan fingerprint density at radius 3 is 2.48 bits per heavy atom. The van der Waals surface area contributed by atoms with Crippen molar-refractivity contribution in [3.63, 3.8) is 0 Å². The minimum absolute atomic E-state index is 0.0211. The van der Waals surface area contributed by atoms with E-state index in [0.29, 0.717) is 5.69 Å². The van der Waals surface area contributed by atoms with Crippen molar-refractivity contribution in [2.75, 3.05) is 5.32 Å². The first kappa shape index (κ1) is 19.2. The zero-order valence-electron chi connectivity index (χ0n) is 14.0. The number of carbonyl (C=O) groups is 1. The fourth-order valence-corrected chi connectivity index (χ4v) is 2.65. The number of anilines is 1. The number of hydrogen-bond donors (Lipinski definition) is 2. The summed E-state index contributed by atoms with van der Waals surface area (Å²) in [5, 5.41) is 10.9. The summed E-state index contributed by atoms with van der Waals surface area (Å²) in [7, 11) is 0. The molecular formula is C15H15F6N5O. The maximum Gasteiger partial charge on any atom is 0.437 e. The number of carbonyl (C=O) groups excluding carboxylic acids is 1. The molecule has 0 spiro atoms. The number of aromatic nitrogens is 4. The van der Waals surface area contributed by atoms with Gasteiger partial charge in [0.15, 0.2) is 11.4 Å². The Labute approximate surface area is 148 Å². The van der Waals surface area contributed by atoms with Gasteiger partial charge in [-0.3, -0.25) is 14.6 Å². The van der Waals surface area contributed by atoms with Gasteiger partial charge in [0.2, 0.25) is 5.91 Å². The summed E-state index contributed by atoms with van der Waals surface area (Å²) in [6.45, 7) is 1.14. The summed E-state index contributed by atoms with van der Waals surface area (Å²) < 4.78 is 78.3. The molecule has 1 saturated carbocycles. The van der Waals surface area contributed by atoms with Gasteiger partial charge >= 0.3 is 12.4 Å². The van der Waals surface area contributed by atoms with E-state index in [9.17, 15) is 31.1 Å². The average Bonchev–Trinajstić information content (AvgIpc) is 3.17. The SMILES string of the molecule is Cc1[nH]nc(C(F)(F)F)c1NC(=O)CCn1nc(C(F)(F)F)cc1C1CC1. The predicted molar refractivity (Wildman–Crippen MR) is 80.8 cm³/mol. The monoisotopic (exact) mass is 395 g/mol. The Kier molecular flexibility index (Phi) is 4.68. The topological polar surface area (TPSA) is 75.6 Å². The second-order valence-corrected chi connectivity index (χ2v) is 6.32. The van der Waals surface area contributed by atoms with E-state index in [1.165, 1.54) is 6.92 Å². The number of H-pyrrole nitrogens is 1. The molecule has 0 unspecified atom stereocenters. The molecule has 0 atom stereocenters. The molecule has 1 aliphatic carbocycles. The van der Waals surface area contributed by atoms with Gasteiger partial charge in [-0.25, -0.2) is 0 Å². The number of aromatic amines is 1. The van der Waals surface area contributed by atoms with Gasteiger partial charge in [0.05, 0.1) is 11.4 Å². The summed E-state index contributed by atoms with van der Waals surface area (Å²) in [4.78, 5) is 12.0. The van der Waals surface area contributed by atoms with Crippen molar-refractivity contribution >= 4 is 11.6 Å². The minimum Gasteiger partial charge on any atom is -0.323 e. The number of alkyl halides is 6. The third-order valence-electron chi connectivity index (χ3n) is 4.13. The Morgan fingerprint density at radius 2 is 1.93 bits per heavy atom. The van der Waals surface area contributed by atoms with Crippen LogP contribution >= 0.6 is 0 Å². The molecule has 1 aliphatic rings. The lowest BCUT2D eigenvalue weighted by Crippen LogP contribution is -2.19. The predicted octanol–water partition coefficient (Wildman–Crippen LogP) is 3.86. The second kappa shape index (κ2) is 6.57. The van der Waals surface area contributed by atoms with Gasteiger partial charge in [-0.05, 0) is 25.8 Å². The number of nitrogens with one attached hydrogen (secondary N) is 2. The molecule has 0 aliphatic heterocycles. The molecule has 2 aromatic heterocycles. The van der Waals surface area contributed by atoms with Crippen LogP contribution in [0.2, 0.25) is 0 Å². The van der Waals surface area contributed by atoms with Crippen LogP contribution in [0, 0.1) is 6.92 Å². The molecule has 148 valence electrons. The number of halogens is 6. The van der Waals surface area contributed by atoms with Crippen LogP contribution in [0.15, 0.2) is 6.07 Å². The summed E-state index contributed by atoms with van der Waals surface area (Å²) in [5.41, 5.74) is -2.40.